The third kappa shape index (κ3) is 3.59. The van der Waals surface area contributed by atoms with Gasteiger partial charge in [-0.25, -0.2) is 4.79 Å². The Labute approximate surface area is 102 Å². The van der Waals surface area contributed by atoms with Crippen molar-refractivity contribution in [2.45, 2.75) is 0 Å². The topological polar surface area (TPSA) is 111 Å². The molecule has 0 aliphatic rings. The summed E-state index contributed by atoms with van der Waals surface area (Å²) in [6.07, 6.45) is -0.781. The number of nitrogens with one attached hydrogen (secondary N) is 1. The first-order chi connectivity index (χ1) is 8.58. The first-order valence-corrected chi connectivity index (χ1v) is 4.95. The number of hydrogen-bond acceptors (Lipinski definition) is 6. The van der Waals surface area contributed by atoms with Gasteiger partial charge in [0.25, 0.3) is 5.69 Å². The second-order valence-electron chi connectivity index (χ2n) is 3.13. The Balaban J connectivity index is 2.82. The monoisotopic (exact) mass is 256 g/mol. The van der Waals surface area contributed by atoms with Crippen LogP contribution >= 0.6 is 0 Å². The van der Waals surface area contributed by atoms with Gasteiger partial charge in [0.05, 0.1) is 30.4 Å². The van der Waals surface area contributed by atoms with Gasteiger partial charge in [0.15, 0.2) is 0 Å². The molecule has 98 valence electrons. The number of amides is 1. The predicted molar refractivity (Wildman–Crippen MR) is 61.7 cm³/mol. The van der Waals surface area contributed by atoms with Crippen LogP contribution in [0.2, 0.25) is 0 Å². The van der Waals surface area contributed by atoms with E-state index < -0.39 is 11.0 Å². The molecular formula is C10H12N2O6. The third-order valence-electron chi connectivity index (χ3n) is 1.96. The van der Waals surface area contributed by atoms with Crippen molar-refractivity contribution < 1.29 is 24.3 Å². The molecule has 8 nitrogen and oxygen atoms in total. The summed E-state index contributed by atoms with van der Waals surface area (Å²) in [4.78, 5) is 21.2. The molecule has 1 amide bonds. The molecule has 0 aliphatic carbocycles. The number of nitro benzene ring substituents is 1. The van der Waals surface area contributed by atoms with E-state index in [2.05, 4.69) is 10.1 Å². The summed E-state index contributed by atoms with van der Waals surface area (Å²) in [5.74, 6) is 0.144. The molecule has 0 bridgehead atoms. The number of aliphatic hydroxyl groups excluding tert-OH is 1. The summed E-state index contributed by atoms with van der Waals surface area (Å²) in [7, 11) is 1.32. The van der Waals surface area contributed by atoms with E-state index in [-0.39, 0.29) is 30.3 Å². The zero-order chi connectivity index (χ0) is 13.5. The van der Waals surface area contributed by atoms with E-state index in [1.165, 1.54) is 25.3 Å². The largest absolute Gasteiger partial charge is 0.494 e. The number of anilines is 1. The Morgan fingerprint density at radius 2 is 2.28 bits per heavy atom. The number of non-ortho nitro benzene ring substituents is 1. The van der Waals surface area contributed by atoms with Gasteiger partial charge in [-0.2, -0.15) is 0 Å². The summed E-state index contributed by atoms with van der Waals surface area (Å²) >= 11 is 0. The lowest BCUT2D eigenvalue weighted by atomic mass is 10.2. The van der Waals surface area contributed by atoms with Crippen LogP contribution in [0.1, 0.15) is 0 Å². The second-order valence-corrected chi connectivity index (χ2v) is 3.13. The highest BCUT2D eigenvalue weighted by molar-refractivity contribution is 5.87. The fraction of sp³-hybridized carbons (Fsp3) is 0.300. The Morgan fingerprint density at radius 1 is 1.56 bits per heavy atom. The molecule has 18 heavy (non-hydrogen) atoms. The lowest BCUT2D eigenvalue weighted by Gasteiger charge is -2.09. The number of carbonyl (C=O) groups excluding carboxylic acids is 1. The first kappa shape index (κ1) is 13.7. The zero-order valence-electron chi connectivity index (χ0n) is 9.58. The maximum atomic E-state index is 11.2. The number of nitro groups is 1. The van der Waals surface area contributed by atoms with Crippen LogP contribution in [-0.2, 0) is 4.74 Å². The lowest BCUT2D eigenvalue weighted by Crippen LogP contribution is -2.16. The minimum atomic E-state index is -0.781. The van der Waals surface area contributed by atoms with Gasteiger partial charge in [0.1, 0.15) is 12.4 Å². The van der Waals surface area contributed by atoms with Crippen LogP contribution < -0.4 is 10.1 Å². The number of rotatable bonds is 5. The fourth-order valence-electron chi connectivity index (χ4n) is 1.18. The molecule has 0 spiro atoms. The molecule has 0 atom stereocenters. The molecule has 1 rings (SSSR count). The number of carbonyl (C=O) groups is 1. The zero-order valence-corrected chi connectivity index (χ0v) is 9.58. The van der Waals surface area contributed by atoms with Crippen LogP contribution in [0.15, 0.2) is 18.2 Å². The minimum absolute atomic E-state index is 0.138. The predicted octanol–water partition coefficient (Wildman–Crippen LogP) is 1.14. The molecular weight excluding hydrogens is 244 g/mol. The number of methoxy groups -OCH3 is 1. The van der Waals surface area contributed by atoms with Gasteiger partial charge in [-0.1, -0.05) is 0 Å². The van der Waals surface area contributed by atoms with Gasteiger partial charge in [0.2, 0.25) is 0 Å². The normalized spacial score (nSPS) is 9.67. The highest BCUT2D eigenvalue weighted by atomic mass is 16.6. The van der Waals surface area contributed by atoms with E-state index in [4.69, 9.17) is 9.84 Å². The van der Waals surface area contributed by atoms with Gasteiger partial charge in [0, 0.05) is 6.07 Å². The Morgan fingerprint density at radius 3 is 2.83 bits per heavy atom. The van der Waals surface area contributed by atoms with Gasteiger partial charge in [-0.3, -0.25) is 15.4 Å². The van der Waals surface area contributed by atoms with Gasteiger partial charge >= 0.3 is 6.09 Å². The number of ether oxygens (including phenoxy) is 2. The van der Waals surface area contributed by atoms with Crippen LogP contribution in [0.5, 0.6) is 5.75 Å². The van der Waals surface area contributed by atoms with Crippen molar-refractivity contribution in [2.75, 3.05) is 25.6 Å². The quantitative estimate of drug-likeness (QED) is 0.603. The highest BCUT2D eigenvalue weighted by Gasteiger charge is 2.13. The Bertz CT molecular complexity index is 448. The number of hydrogen-bond donors (Lipinski definition) is 2. The summed E-state index contributed by atoms with van der Waals surface area (Å²) in [6.45, 7) is -0.425. The Kier molecular flexibility index (Phi) is 4.88. The van der Waals surface area contributed by atoms with Gasteiger partial charge in [-0.05, 0) is 6.07 Å². The minimum Gasteiger partial charge on any atom is -0.494 e. The molecule has 0 aromatic heterocycles. The number of aliphatic hydroxyl groups is 1. The molecule has 1 aromatic carbocycles. The van der Waals surface area contributed by atoms with Crippen molar-refractivity contribution in [3.05, 3.63) is 28.3 Å². The van der Waals surface area contributed by atoms with Crippen molar-refractivity contribution in [3.8, 4) is 5.75 Å². The fourth-order valence-corrected chi connectivity index (χ4v) is 1.18. The van der Waals surface area contributed by atoms with Crippen molar-refractivity contribution in [2.24, 2.45) is 0 Å². The smallest absolute Gasteiger partial charge is 0.411 e. The summed E-state index contributed by atoms with van der Waals surface area (Å²) < 4.78 is 9.50. The van der Waals surface area contributed by atoms with E-state index >= 15 is 0 Å². The molecule has 0 heterocycles. The molecule has 1 aromatic rings. The summed E-state index contributed by atoms with van der Waals surface area (Å²) in [5, 5.41) is 21.4. The van der Waals surface area contributed by atoms with Crippen LogP contribution in [-0.4, -0.2) is 36.4 Å². The lowest BCUT2D eigenvalue weighted by molar-refractivity contribution is -0.384. The van der Waals surface area contributed by atoms with Crippen LogP contribution in [0.3, 0.4) is 0 Å². The van der Waals surface area contributed by atoms with Crippen molar-refractivity contribution in [1.29, 1.82) is 0 Å². The van der Waals surface area contributed by atoms with Crippen molar-refractivity contribution in [1.82, 2.24) is 0 Å². The Hall–Kier alpha value is -2.35. The van der Waals surface area contributed by atoms with E-state index in [0.29, 0.717) is 0 Å². The maximum absolute atomic E-state index is 11.2. The highest BCUT2D eigenvalue weighted by Crippen LogP contribution is 2.28. The van der Waals surface area contributed by atoms with E-state index in [1.54, 1.807) is 0 Å². The van der Waals surface area contributed by atoms with E-state index in [9.17, 15) is 14.9 Å². The third-order valence-corrected chi connectivity index (χ3v) is 1.96. The molecule has 0 fully saturated rings. The van der Waals surface area contributed by atoms with Crippen molar-refractivity contribution in [3.63, 3.8) is 0 Å². The molecule has 8 heteroatoms. The van der Waals surface area contributed by atoms with Crippen molar-refractivity contribution >= 4 is 17.5 Å². The number of nitrogens with zero attached hydrogens (tertiary/aromatic N) is 1. The van der Waals surface area contributed by atoms with Gasteiger partial charge < -0.3 is 14.6 Å². The molecule has 0 saturated heterocycles. The summed E-state index contributed by atoms with van der Waals surface area (Å²) in [5.41, 5.74) is 0.0900. The SMILES string of the molecule is COc1cc([N+](=O)[O-])ccc1NC(=O)OCCO. The van der Waals surface area contributed by atoms with Gasteiger partial charge in [-0.15, -0.1) is 0 Å². The average molecular weight is 256 g/mol. The maximum Gasteiger partial charge on any atom is 0.411 e. The van der Waals surface area contributed by atoms with Crippen LogP contribution in [0.4, 0.5) is 16.2 Å². The molecule has 0 saturated carbocycles. The van der Waals surface area contributed by atoms with E-state index in [0.717, 1.165) is 0 Å². The average Bonchev–Trinajstić information content (AvgIpc) is 2.36. The number of benzene rings is 1. The van der Waals surface area contributed by atoms with Crippen LogP contribution in [0.25, 0.3) is 0 Å². The second kappa shape index (κ2) is 6.40. The first-order valence-electron chi connectivity index (χ1n) is 4.95. The molecule has 2 N–H and O–H groups in total. The molecule has 0 unspecified atom stereocenters. The van der Waals surface area contributed by atoms with Crippen LogP contribution in [0, 0.1) is 10.1 Å². The van der Waals surface area contributed by atoms with E-state index in [1.807, 2.05) is 0 Å². The summed E-state index contributed by atoms with van der Waals surface area (Å²) in [6, 6.07) is 3.74. The standard InChI is InChI=1S/C10H12N2O6/c1-17-9-6-7(12(15)16)2-3-8(9)11-10(14)18-5-4-13/h2-3,6,13H,4-5H2,1H3,(H,11,14). The molecule has 0 radical (unpaired) electrons. The molecule has 0 aliphatic heterocycles.